The van der Waals surface area contributed by atoms with E-state index in [2.05, 4.69) is 4.98 Å². The first kappa shape index (κ1) is 7.08. The van der Waals surface area contributed by atoms with Crippen LogP contribution in [0.15, 0.2) is 6.07 Å². The third-order valence-corrected chi connectivity index (χ3v) is 1.39. The number of hydrogen-bond donors (Lipinski definition) is 2. The topological polar surface area (TPSA) is 64.9 Å². The van der Waals surface area contributed by atoms with Crippen molar-refractivity contribution in [3.63, 3.8) is 0 Å². The lowest BCUT2D eigenvalue weighted by Gasteiger charge is -1.99. The molecule has 0 bridgehead atoms. The average Bonchev–Trinajstić information content (AvgIpc) is 1.82. The molecule has 4 N–H and O–H groups in total. The van der Waals surface area contributed by atoms with Gasteiger partial charge in [-0.05, 0) is 0 Å². The smallest absolute Gasteiger partial charge is 0.216 e. The normalized spacial score (nSPS) is 9.80. The number of rotatable bonds is 0. The minimum absolute atomic E-state index is 0.0841. The van der Waals surface area contributed by atoms with Crippen molar-refractivity contribution >= 4 is 23.1 Å². The van der Waals surface area contributed by atoms with Crippen molar-refractivity contribution in [2.45, 2.75) is 0 Å². The third kappa shape index (κ3) is 1.11. The first-order valence-electron chi connectivity index (χ1n) is 2.48. The minimum Gasteiger partial charge on any atom is -0.397 e. The summed E-state index contributed by atoms with van der Waals surface area (Å²) in [4.78, 5) is 3.23. The van der Waals surface area contributed by atoms with Crippen LogP contribution >= 0.6 is 11.6 Å². The van der Waals surface area contributed by atoms with Gasteiger partial charge in [0, 0.05) is 6.07 Å². The molecular formula is C5H5ClFN3. The van der Waals surface area contributed by atoms with Gasteiger partial charge in [-0.3, -0.25) is 0 Å². The van der Waals surface area contributed by atoms with Gasteiger partial charge in [0.05, 0.1) is 5.69 Å². The molecule has 1 rings (SSSR count). The number of nitrogens with zero attached hydrogens (tertiary/aromatic N) is 1. The van der Waals surface area contributed by atoms with Gasteiger partial charge in [-0.15, -0.1) is 0 Å². The molecule has 1 aromatic heterocycles. The Bertz CT molecular complexity index is 240. The highest BCUT2D eigenvalue weighted by Crippen LogP contribution is 2.23. The molecule has 3 nitrogen and oxygen atoms in total. The van der Waals surface area contributed by atoms with Gasteiger partial charge in [-0.1, -0.05) is 11.6 Å². The maximum absolute atomic E-state index is 12.3. The number of anilines is 2. The first-order valence-corrected chi connectivity index (χ1v) is 2.86. The number of hydrogen-bond acceptors (Lipinski definition) is 3. The van der Waals surface area contributed by atoms with Gasteiger partial charge in [-0.25, -0.2) is 4.98 Å². The van der Waals surface area contributed by atoms with Gasteiger partial charge < -0.3 is 11.5 Å². The lowest BCUT2D eigenvalue weighted by molar-refractivity contribution is 0.586. The minimum atomic E-state index is -0.723. The summed E-state index contributed by atoms with van der Waals surface area (Å²) in [6.45, 7) is 0. The summed E-state index contributed by atoms with van der Waals surface area (Å²) in [7, 11) is 0. The summed E-state index contributed by atoms with van der Waals surface area (Å²) < 4.78 is 12.3. The lowest BCUT2D eigenvalue weighted by Crippen LogP contribution is -1.98. The number of halogens is 2. The molecule has 1 heterocycles. The van der Waals surface area contributed by atoms with Crippen LogP contribution in [-0.2, 0) is 0 Å². The number of nitrogen functional groups attached to an aromatic ring is 2. The standard InChI is InChI=1S/C5H5ClFN3/c6-4-2(8)1-3(7)10-5(4)9/h1H,(H4,8,9,10). The summed E-state index contributed by atoms with van der Waals surface area (Å²) >= 11 is 5.47. The highest BCUT2D eigenvalue weighted by Gasteiger charge is 2.03. The number of nitrogens with two attached hydrogens (primary N) is 2. The second-order valence-corrected chi connectivity index (χ2v) is 2.11. The Hall–Kier alpha value is -1.03. The number of pyridine rings is 1. The summed E-state index contributed by atoms with van der Waals surface area (Å²) in [6.07, 6.45) is 0. The van der Waals surface area contributed by atoms with Crippen LogP contribution in [-0.4, -0.2) is 4.98 Å². The molecule has 0 amide bonds. The molecule has 10 heavy (non-hydrogen) atoms. The van der Waals surface area contributed by atoms with E-state index in [0.29, 0.717) is 0 Å². The van der Waals surface area contributed by atoms with E-state index in [1.807, 2.05) is 0 Å². The third-order valence-electron chi connectivity index (χ3n) is 0.980. The molecule has 0 aliphatic rings. The Morgan fingerprint density at radius 2 is 2.10 bits per heavy atom. The highest BCUT2D eigenvalue weighted by molar-refractivity contribution is 6.35. The van der Waals surface area contributed by atoms with Crippen molar-refractivity contribution in [3.05, 3.63) is 17.0 Å². The molecule has 0 saturated carbocycles. The monoisotopic (exact) mass is 161 g/mol. The molecule has 0 atom stereocenters. The quantitative estimate of drug-likeness (QED) is 0.559. The SMILES string of the molecule is Nc1cc(F)nc(N)c1Cl. The van der Waals surface area contributed by atoms with E-state index in [1.165, 1.54) is 0 Å². The Morgan fingerprint density at radius 3 is 2.60 bits per heavy atom. The molecule has 0 unspecified atom stereocenters. The van der Waals surface area contributed by atoms with Crippen LogP contribution in [0.2, 0.25) is 5.02 Å². The summed E-state index contributed by atoms with van der Waals surface area (Å²) in [5, 5.41) is 0.0985. The molecule has 0 saturated heterocycles. The van der Waals surface area contributed by atoms with E-state index in [1.54, 1.807) is 0 Å². The Morgan fingerprint density at radius 1 is 1.50 bits per heavy atom. The van der Waals surface area contributed by atoms with Gasteiger partial charge in [0.1, 0.15) is 10.8 Å². The molecule has 54 valence electrons. The fourth-order valence-corrected chi connectivity index (χ4v) is 0.633. The van der Waals surface area contributed by atoms with E-state index in [0.717, 1.165) is 6.07 Å². The highest BCUT2D eigenvalue weighted by atomic mass is 35.5. The molecule has 0 spiro atoms. The van der Waals surface area contributed by atoms with E-state index in [4.69, 9.17) is 23.1 Å². The molecular weight excluding hydrogens is 157 g/mol. The zero-order valence-corrected chi connectivity index (χ0v) is 5.69. The maximum atomic E-state index is 12.3. The Balaban J connectivity index is 3.31. The zero-order chi connectivity index (χ0) is 7.72. The largest absolute Gasteiger partial charge is 0.397 e. The van der Waals surface area contributed by atoms with Gasteiger partial charge in [-0.2, -0.15) is 4.39 Å². The van der Waals surface area contributed by atoms with Gasteiger partial charge in [0.2, 0.25) is 5.95 Å². The summed E-state index contributed by atoms with van der Waals surface area (Å²) in [5.74, 6) is -0.807. The van der Waals surface area contributed by atoms with Gasteiger partial charge in [0.25, 0.3) is 0 Å². The van der Waals surface area contributed by atoms with Crippen LogP contribution in [0.4, 0.5) is 15.9 Å². The fraction of sp³-hybridized carbons (Fsp3) is 0. The van der Waals surface area contributed by atoms with Crippen LogP contribution in [0.5, 0.6) is 0 Å². The zero-order valence-electron chi connectivity index (χ0n) is 4.94. The molecule has 0 radical (unpaired) electrons. The van der Waals surface area contributed by atoms with E-state index >= 15 is 0 Å². The Kier molecular flexibility index (Phi) is 1.63. The van der Waals surface area contributed by atoms with Crippen LogP contribution in [0.25, 0.3) is 0 Å². The molecule has 0 aromatic carbocycles. The maximum Gasteiger partial charge on any atom is 0.216 e. The van der Waals surface area contributed by atoms with Crippen molar-refractivity contribution in [2.24, 2.45) is 0 Å². The lowest BCUT2D eigenvalue weighted by atomic mass is 10.4. The van der Waals surface area contributed by atoms with Gasteiger partial charge in [0.15, 0.2) is 0 Å². The molecule has 0 fully saturated rings. The van der Waals surface area contributed by atoms with Crippen molar-refractivity contribution in [2.75, 3.05) is 11.5 Å². The summed E-state index contributed by atoms with van der Waals surface area (Å²) in [6, 6.07) is 1.01. The first-order chi connectivity index (χ1) is 4.61. The molecule has 1 aromatic rings. The number of aromatic nitrogens is 1. The summed E-state index contributed by atoms with van der Waals surface area (Å²) in [5.41, 5.74) is 10.5. The van der Waals surface area contributed by atoms with Crippen LogP contribution in [0, 0.1) is 5.95 Å². The van der Waals surface area contributed by atoms with Crippen molar-refractivity contribution < 1.29 is 4.39 Å². The van der Waals surface area contributed by atoms with Crippen LogP contribution < -0.4 is 11.5 Å². The van der Waals surface area contributed by atoms with Crippen molar-refractivity contribution in [1.82, 2.24) is 4.98 Å². The molecule has 5 heteroatoms. The van der Waals surface area contributed by atoms with Gasteiger partial charge >= 0.3 is 0 Å². The second-order valence-electron chi connectivity index (χ2n) is 1.73. The predicted octanol–water partition coefficient (Wildman–Crippen LogP) is 1.04. The van der Waals surface area contributed by atoms with Crippen molar-refractivity contribution in [1.29, 1.82) is 0 Å². The van der Waals surface area contributed by atoms with Crippen LogP contribution in [0.1, 0.15) is 0 Å². The van der Waals surface area contributed by atoms with Crippen LogP contribution in [0.3, 0.4) is 0 Å². The predicted molar refractivity (Wildman–Crippen MR) is 38.0 cm³/mol. The van der Waals surface area contributed by atoms with Crippen molar-refractivity contribution in [3.8, 4) is 0 Å². The van der Waals surface area contributed by atoms with E-state index < -0.39 is 5.95 Å². The fourth-order valence-electron chi connectivity index (χ4n) is 0.536. The second kappa shape index (κ2) is 2.30. The van der Waals surface area contributed by atoms with E-state index in [-0.39, 0.29) is 16.5 Å². The molecule has 0 aliphatic carbocycles. The molecule has 0 aliphatic heterocycles. The Labute approximate surface area is 61.8 Å². The van der Waals surface area contributed by atoms with E-state index in [9.17, 15) is 4.39 Å². The average molecular weight is 162 g/mol.